The highest BCUT2D eigenvalue weighted by molar-refractivity contribution is 7.22. The number of benzene rings is 1. The molecule has 3 aromatic heterocycles. The maximum Gasteiger partial charge on any atom is 0.229 e. The second kappa shape index (κ2) is 6.47. The van der Waals surface area contributed by atoms with E-state index in [2.05, 4.69) is 25.5 Å². The number of hydrogen-bond acceptors (Lipinski definition) is 5. The van der Waals surface area contributed by atoms with Gasteiger partial charge >= 0.3 is 0 Å². The lowest BCUT2D eigenvalue weighted by Gasteiger charge is -2.23. The fraction of sp³-hybridized carbons (Fsp3) is 0.222. The smallest absolute Gasteiger partial charge is 0.229 e. The molecular formula is C18H15ClN6OS. The summed E-state index contributed by atoms with van der Waals surface area (Å²) in [5.41, 5.74) is 2.34. The first kappa shape index (κ1) is 16.5. The number of carbonyl (C=O) groups excluding carboxylic acids is 1. The molecule has 0 radical (unpaired) electrons. The number of anilines is 1. The average molecular weight is 399 g/mol. The molecule has 5 rings (SSSR count). The number of nitrogens with zero attached hydrogens (tertiary/aromatic N) is 4. The molecule has 27 heavy (non-hydrogen) atoms. The summed E-state index contributed by atoms with van der Waals surface area (Å²) in [6, 6.07) is 7.60. The van der Waals surface area contributed by atoms with E-state index < -0.39 is 0 Å². The molecule has 9 heteroatoms. The third-order valence-electron chi connectivity index (χ3n) is 4.82. The van der Waals surface area contributed by atoms with E-state index in [1.807, 2.05) is 28.8 Å². The number of fused-ring (bicyclic) bond motifs is 1. The van der Waals surface area contributed by atoms with Gasteiger partial charge in [-0.15, -0.1) is 0 Å². The number of rotatable bonds is 4. The Bertz CT molecular complexity index is 1140. The Morgan fingerprint density at radius 3 is 2.96 bits per heavy atom. The maximum atomic E-state index is 12.2. The molecule has 1 fully saturated rings. The molecule has 2 N–H and O–H groups in total. The molecule has 136 valence electrons. The number of H-pyrrole nitrogens is 1. The van der Waals surface area contributed by atoms with Crippen molar-refractivity contribution in [2.24, 2.45) is 5.92 Å². The van der Waals surface area contributed by atoms with Gasteiger partial charge < -0.3 is 5.32 Å². The topological polar surface area (TPSA) is 88.5 Å². The maximum absolute atomic E-state index is 12.2. The molecular weight excluding hydrogens is 384 g/mol. The summed E-state index contributed by atoms with van der Waals surface area (Å²) in [5.74, 6) is 0.843. The zero-order valence-corrected chi connectivity index (χ0v) is 15.7. The van der Waals surface area contributed by atoms with Crippen LogP contribution in [0.2, 0.25) is 5.02 Å². The quantitative estimate of drug-likeness (QED) is 0.537. The second-order valence-electron chi connectivity index (χ2n) is 6.49. The van der Waals surface area contributed by atoms with Crippen molar-refractivity contribution in [1.82, 2.24) is 24.7 Å². The van der Waals surface area contributed by atoms with E-state index in [-0.39, 0.29) is 11.8 Å². The molecule has 0 spiro atoms. The van der Waals surface area contributed by atoms with Crippen molar-refractivity contribution in [2.75, 3.05) is 5.32 Å². The highest BCUT2D eigenvalue weighted by atomic mass is 35.5. The van der Waals surface area contributed by atoms with E-state index in [0.717, 1.165) is 35.2 Å². The zero-order valence-electron chi connectivity index (χ0n) is 14.1. The van der Waals surface area contributed by atoms with Crippen molar-refractivity contribution >= 4 is 44.3 Å². The molecule has 0 aliphatic heterocycles. The van der Waals surface area contributed by atoms with Gasteiger partial charge in [-0.25, -0.2) is 9.97 Å². The van der Waals surface area contributed by atoms with Gasteiger partial charge in [-0.3, -0.25) is 14.5 Å². The Balaban J connectivity index is 1.52. The summed E-state index contributed by atoms with van der Waals surface area (Å²) in [6.07, 6.45) is 6.48. The summed E-state index contributed by atoms with van der Waals surface area (Å²) in [5, 5.41) is 11.5. The monoisotopic (exact) mass is 398 g/mol. The van der Waals surface area contributed by atoms with Gasteiger partial charge in [0.25, 0.3) is 0 Å². The third kappa shape index (κ3) is 2.81. The normalized spacial score (nSPS) is 14.4. The Kier molecular flexibility index (Phi) is 3.95. The van der Waals surface area contributed by atoms with Gasteiger partial charge in [0.15, 0.2) is 16.6 Å². The Labute approximate surface area is 163 Å². The van der Waals surface area contributed by atoms with Crippen molar-refractivity contribution in [3.63, 3.8) is 0 Å². The molecule has 1 saturated carbocycles. The van der Waals surface area contributed by atoms with E-state index in [0.29, 0.717) is 21.6 Å². The fourth-order valence-electron chi connectivity index (χ4n) is 3.13. The van der Waals surface area contributed by atoms with Crippen molar-refractivity contribution < 1.29 is 4.79 Å². The number of hydrogen-bond donors (Lipinski definition) is 2. The van der Waals surface area contributed by atoms with Crippen LogP contribution in [0.5, 0.6) is 0 Å². The summed E-state index contributed by atoms with van der Waals surface area (Å²) in [7, 11) is 0. The van der Waals surface area contributed by atoms with E-state index in [4.69, 9.17) is 11.6 Å². The molecule has 0 bridgehead atoms. The summed E-state index contributed by atoms with van der Waals surface area (Å²) in [4.78, 5) is 20.9. The number of nitrogens with one attached hydrogen (secondary N) is 2. The van der Waals surface area contributed by atoms with Gasteiger partial charge in [-0.1, -0.05) is 47.6 Å². The van der Waals surface area contributed by atoms with Crippen LogP contribution in [0.15, 0.2) is 36.8 Å². The number of imidazole rings is 1. The number of aromatic nitrogens is 5. The van der Waals surface area contributed by atoms with E-state index >= 15 is 0 Å². The van der Waals surface area contributed by atoms with Gasteiger partial charge in [0.05, 0.1) is 11.9 Å². The first-order chi connectivity index (χ1) is 13.2. The highest BCUT2D eigenvalue weighted by Crippen LogP contribution is 2.35. The summed E-state index contributed by atoms with van der Waals surface area (Å²) < 4.78 is 2.72. The van der Waals surface area contributed by atoms with Crippen molar-refractivity contribution in [3.05, 3.63) is 41.8 Å². The van der Waals surface area contributed by atoms with Gasteiger partial charge in [0.2, 0.25) is 5.91 Å². The number of halogens is 1. The van der Waals surface area contributed by atoms with Crippen LogP contribution in [0.4, 0.5) is 5.13 Å². The van der Waals surface area contributed by atoms with E-state index in [1.54, 1.807) is 12.5 Å². The van der Waals surface area contributed by atoms with Crippen LogP contribution in [-0.2, 0) is 4.79 Å². The Morgan fingerprint density at radius 1 is 1.33 bits per heavy atom. The number of aromatic amines is 1. The largest absolute Gasteiger partial charge is 0.302 e. The van der Waals surface area contributed by atoms with Crippen LogP contribution >= 0.6 is 22.9 Å². The summed E-state index contributed by atoms with van der Waals surface area (Å²) >= 11 is 7.75. The zero-order chi connectivity index (χ0) is 18.4. The van der Waals surface area contributed by atoms with Crippen LogP contribution in [0, 0.1) is 5.92 Å². The van der Waals surface area contributed by atoms with Crippen molar-refractivity contribution in [3.8, 4) is 17.1 Å². The van der Waals surface area contributed by atoms with E-state index in [1.165, 1.54) is 11.3 Å². The van der Waals surface area contributed by atoms with Gasteiger partial charge in [-0.2, -0.15) is 5.10 Å². The Morgan fingerprint density at radius 2 is 2.19 bits per heavy atom. The molecule has 3 heterocycles. The van der Waals surface area contributed by atoms with Crippen molar-refractivity contribution in [1.29, 1.82) is 0 Å². The molecule has 1 aliphatic rings. The number of carbonyl (C=O) groups is 1. The second-order valence-corrected chi connectivity index (χ2v) is 7.90. The highest BCUT2D eigenvalue weighted by Gasteiger charge is 2.26. The lowest BCUT2D eigenvalue weighted by atomic mass is 9.85. The fourth-order valence-corrected chi connectivity index (χ4v) is 4.27. The Hall–Kier alpha value is -2.71. The lowest BCUT2D eigenvalue weighted by molar-refractivity contribution is -0.122. The van der Waals surface area contributed by atoms with Crippen LogP contribution < -0.4 is 5.32 Å². The van der Waals surface area contributed by atoms with Crippen LogP contribution in [0.3, 0.4) is 0 Å². The van der Waals surface area contributed by atoms with Crippen LogP contribution in [0.25, 0.3) is 27.4 Å². The molecule has 0 atom stereocenters. The van der Waals surface area contributed by atoms with Gasteiger partial charge in [0.1, 0.15) is 11.0 Å². The van der Waals surface area contributed by atoms with E-state index in [9.17, 15) is 4.79 Å². The molecule has 7 nitrogen and oxygen atoms in total. The molecule has 1 aromatic carbocycles. The first-order valence-corrected chi connectivity index (χ1v) is 9.83. The number of amides is 1. The first-order valence-electron chi connectivity index (χ1n) is 8.64. The molecule has 4 aromatic rings. The standard InChI is InChI=1S/C18H15ClN6OS/c19-12-7-2-1-6-11(12)13-8-20-9-25(13)16-14-15(23-24-16)21-18(27-14)22-17(26)10-4-3-5-10/h1-2,6-10H,3-5H2,(H2,21,22,23,24,26). The minimum Gasteiger partial charge on any atom is -0.302 e. The van der Waals surface area contributed by atoms with Gasteiger partial charge in [-0.05, 0) is 18.9 Å². The SMILES string of the molecule is O=C(Nc1nc2[nH]nc(-n3cncc3-c3ccccc3Cl)c2s1)C1CCC1. The molecule has 0 unspecified atom stereocenters. The lowest BCUT2D eigenvalue weighted by Crippen LogP contribution is -2.27. The van der Waals surface area contributed by atoms with Crippen LogP contribution in [-0.4, -0.2) is 30.6 Å². The molecule has 0 saturated heterocycles. The predicted molar refractivity (Wildman–Crippen MR) is 105 cm³/mol. The third-order valence-corrected chi connectivity index (χ3v) is 6.12. The van der Waals surface area contributed by atoms with Gasteiger partial charge in [0, 0.05) is 16.5 Å². The molecule has 1 amide bonds. The van der Waals surface area contributed by atoms with Crippen molar-refractivity contribution in [2.45, 2.75) is 19.3 Å². The predicted octanol–water partition coefficient (Wildman–Crippen LogP) is 4.26. The number of thiazole rings is 1. The average Bonchev–Trinajstić information content (AvgIpc) is 3.28. The molecule has 1 aliphatic carbocycles. The minimum atomic E-state index is 0.0477. The summed E-state index contributed by atoms with van der Waals surface area (Å²) in [6.45, 7) is 0. The van der Waals surface area contributed by atoms with Crippen LogP contribution in [0.1, 0.15) is 19.3 Å². The minimum absolute atomic E-state index is 0.0477.